The third-order valence-corrected chi connectivity index (χ3v) is 3.60. The number of halogens is 2. The van der Waals surface area contributed by atoms with Crippen LogP contribution in [0.4, 0.5) is 4.39 Å². The lowest BCUT2D eigenvalue weighted by Gasteiger charge is -1.99. The standard InChI is InChI=1S/C12H9BrFNO2S/c1-2-17-12(16)11-15-10(6-18-11)7-3-4-9(14)8(13)5-7/h3-6H,2H2,1H3. The van der Waals surface area contributed by atoms with Crippen LogP contribution in [0.1, 0.15) is 16.7 Å². The highest BCUT2D eigenvalue weighted by molar-refractivity contribution is 9.10. The van der Waals surface area contributed by atoms with E-state index in [2.05, 4.69) is 20.9 Å². The van der Waals surface area contributed by atoms with Crippen LogP contribution in [-0.4, -0.2) is 17.6 Å². The Labute approximate surface area is 116 Å². The summed E-state index contributed by atoms with van der Waals surface area (Å²) in [6.45, 7) is 2.05. The molecule has 2 aromatic rings. The maximum atomic E-state index is 13.1. The summed E-state index contributed by atoms with van der Waals surface area (Å²) in [5, 5.41) is 2.04. The second kappa shape index (κ2) is 5.58. The molecule has 0 radical (unpaired) electrons. The van der Waals surface area contributed by atoms with E-state index in [1.807, 2.05) is 0 Å². The number of benzene rings is 1. The Balaban J connectivity index is 2.29. The van der Waals surface area contributed by atoms with Gasteiger partial charge in [0.15, 0.2) is 0 Å². The molecule has 0 fully saturated rings. The Kier molecular flexibility index (Phi) is 4.08. The predicted molar refractivity (Wildman–Crippen MR) is 71.2 cm³/mol. The Morgan fingerprint density at radius 1 is 1.56 bits per heavy atom. The zero-order valence-corrected chi connectivity index (χ0v) is 11.8. The number of esters is 1. The number of aromatic nitrogens is 1. The van der Waals surface area contributed by atoms with Gasteiger partial charge in [-0.15, -0.1) is 11.3 Å². The molecule has 0 amide bonds. The molecule has 0 aliphatic heterocycles. The van der Waals surface area contributed by atoms with Crippen LogP contribution in [0, 0.1) is 5.82 Å². The molecular formula is C12H9BrFNO2S. The lowest BCUT2D eigenvalue weighted by atomic mass is 10.2. The topological polar surface area (TPSA) is 39.2 Å². The van der Waals surface area contributed by atoms with Gasteiger partial charge in [-0.3, -0.25) is 0 Å². The van der Waals surface area contributed by atoms with Crippen molar-refractivity contribution >= 4 is 33.2 Å². The van der Waals surface area contributed by atoms with Crippen LogP contribution in [0.25, 0.3) is 11.3 Å². The second-order valence-corrected chi connectivity index (χ2v) is 5.10. The van der Waals surface area contributed by atoms with Gasteiger partial charge in [0.2, 0.25) is 5.01 Å². The van der Waals surface area contributed by atoms with Gasteiger partial charge in [0, 0.05) is 10.9 Å². The average molecular weight is 330 g/mol. The van der Waals surface area contributed by atoms with Crippen molar-refractivity contribution < 1.29 is 13.9 Å². The summed E-state index contributed by atoms with van der Waals surface area (Å²) < 4.78 is 18.3. The summed E-state index contributed by atoms with van der Waals surface area (Å²) >= 11 is 4.32. The minimum absolute atomic E-state index is 0.298. The molecule has 0 spiro atoms. The van der Waals surface area contributed by atoms with Crippen molar-refractivity contribution in [2.75, 3.05) is 6.61 Å². The fourth-order valence-electron chi connectivity index (χ4n) is 1.35. The fraction of sp³-hybridized carbons (Fsp3) is 0.167. The van der Waals surface area contributed by atoms with Crippen molar-refractivity contribution in [1.29, 1.82) is 0 Å². The van der Waals surface area contributed by atoms with E-state index in [1.54, 1.807) is 24.4 Å². The number of carbonyl (C=O) groups is 1. The zero-order chi connectivity index (χ0) is 13.1. The normalized spacial score (nSPS) is 10.4. The van der Waals surface area contributed by atoms with E-state index in [4.69, 9.17) is 4.74 Å². The highest BCUT2D eigenvalue weighted by atomic mass is 79.9. The summed E-state index contributed by atoms with van der Waals surface area (Å²) in [4.78, 5) is 15.6. The highest BCUT2D eigenvalue weighted by Crippen LogP contribution is 2.26. The van der Waals surface area contributed by atoms with E-state index < -0.39 is 5.97 Å². The second-order valence-electron chi connectivity index (χ2n) is 3.39. The summed E-state index contributed by atoms with van der Waals surface area (Å²) in [5.74, 6) is -0.769. The molecule has 0 saturated heterocycles. The average Bonchev–Trinajstić information content (AvgIpc) is 2.82. The molecule has 1 aromatic carbocycles. The van der Waals surface area contributed by atoms with Crippen LogP contribution >= 0.6 is 27.3 Å². The number of rotatable bonds is 3. The molecule has 1 heterocycles. The first-order chi connectivity index (χ1) is 8.61. The fourth-order valence-corrected chi connectivity index (χ4v) is 2.45. The van der Waals surface area contributed by atoms with E-state index in [-0.39, 0.29) is 5.82 Å². The molecule has 0 aliphatic rings. The van der Waals surface area contributed by atoms with Crippen molar-refractivity contribution in [3.8, 4) is 11.3 Å². The third kappa shape index (κ3) is 2.76. The molecule has 0 bridgehead atoms. The number of carbonyl (C=O) groups excluding carboxylic acids is 1. The highest BCUT2D eigenvalue weighted by Gasteiger charge is 2.13. The number of nitrogens with zero attached hydrogens (tertiary/aromatic N) is 1. The molecule has 0 saturated carbocycles. The van der Waals surface area contributed by atoms with Gasteiger partial charge in [-0.1, -0.05) is 0 Å². The summed E-state index contributed by atoms with van der Waals surface area (Å²) in [7, 11) is 0. The lowest BCUT2D eigenvalue weighted by Crippen LogP contribution is -2.03. The molecule has 18 heavy (non-hydrogen) atoms. The number of ether oxygens (including phenoxy) is 1. The number of hydrogen-bond acceptors (Lipinski definition) is 4. The molecule has 0 N–H and O–H groups in total. The first-order valence-corrected chi connectivity index (χ1v) is 6.87. The minimum atomic E-state index is -0.435. The Hall–Kier alpha value is -1.27. The van der Waals surface area contributed by atoms with Crippen LogP contribution < -0.4 is 0 Å². The first kappa shape index (κ1) is 13.2. The molecule has 0 unspecified atom stereocenters. The van der Waals surface area contributed by atoms with Crippen LogP contribution in [-0.2, 0) is 4.74 Å². The molecular weight excluding hydrogens is 321 g/mol. The van der Waals surface area contributed by atoms with Crippen LogP contribution in [0.3, 0.4) is 0 Å². The largest absolute Gasteiger partial charge is 0.461 e. The van der Waals surface area contributed by atoms with E-state index >= 15 is 0 Å². The molecule has 0 atom stereocenters. The summed E-state index contributed by atoms with van der Waals surface area (Å²) in [5.41, 5.74) is 1.37. The van der Waals surface area contributed by atoms with Crippen molar-refractivity contribution in [3.63, 3.8) is 0 Å². The molecule has 94 valence electrons. The van der Waals surface area contributed by atoms with E-state index in [1.165, 1.54) is 17.4 Å². The van der Waals surface area contributed by atoms with Crippen LogP contribution in [0.5, 0.6) is 0 Å². The Morgan fingerprint density at radius 2 is 2.33 bits per heavy atom. The van der Waals surface area contributed by atoms with Gasteiger partial charge in [0.1, 0.15) is 5.82 Å². The third-order valence-electron chi connectivity index (χ3n) is 2.17. The predicted octanol–water partition coefficient (Wildman–Crippen LogP) is 3.89. The maximum absolute atomic E-state index is 13.1. The van der Waals surface area contributed by atoms with Gasteiger partial charge < -0.3 is 4.74 Å². The van der Waals surface area contributed by atoms with Gasteiger partial charge in [0.25, 0.3) is 0 Å². The van der Waals surface area contributed by atoms with Crippen molar-refractivity contribution in [3.05, 3.63) is 38.9 Å². The van der Waals surface area contributed by atoms with Gasteiger partial charge in [-0.05, 0) is 41.1 Å². The minimum Gasteiger partial charge on any atom is -0.461 e. The zero-order valence-electron chi connectivity index (χ0n) is 9.44. The van der Waals surface area contributed by atoms with E-state index in [9.17, 15) is 9.18 Å². The number of thiazole rings is 1. The molecule has 0 aliphatic carbocycles. The van der Waals surface area contributed by atoms with Crippen molar-refractivity contribution in [2.24, 2.45) is 0 Å². The van der Waals surface area contributed by atoms with Gasteiger partial charge in [0.05, 0.1) is 16.8 Å². The Bertz CT molecular complexity index is 585. The molecule has 3 nitrogen and oxygen atoms in total. The molecule has 1 aromatic heterocycles. The smallest absolute Gasteiger partial charge is 0.367 e. The van der Waals surface area contributed by atoms with Gasteiger partial charge in [-0.25, -0.2) is 14.2 Å². The SMILES string of the molecule is CCOC(=O)c1nc(-c2ccc(F)c(Br)c2)cs1. The maximum Gasteiger partial charge on any atom is 0.367 e. The van der Waals surface area contributed by atoms with Gasteiger partial charge in [-0.2, -0.15) is 0 Å². The first-order valence-electron chi connectivity index (χ1n) is 5.20. The lowest BCUT2D eigenvalue weighted by molar-refractivity contribution is 0.0526. The molecule has 6 heteroatoms. The van der Waals surface area contributed by atoms with Crippen molar-refractivity contribution in [2.45, 2.75) is 6.92 Å². The summed E-state index contributed by atoms with van der Waals surface area (Å²) in [6.07, 6.45) is 0. The van der Waals surface area contributed by atoms with Crippen LogP contribution in [0.2, 0.25) is 0 Å². The quantitative estimate of drug-likeness (QED) is 0.802. The van der Waals surface area contributed by atoms with Gasteiger partial charge >= 0.3 is 5.97 Å². The van der Waals surface area contributed by atoms with Crippen LogP contribution in [0.15, 0.2) is 28.1 Å². The van der Waals surface area contributed by atoms with E-state index in [0.29, 0.717) is 21.8 Å². The monoisotopic (exact) mass is 329 g/mol. The Morgan fingerprint density at radius 3 is 3.00 bits per heavy atom. The molecule has 2 rings (SSSR count). The number of hydrogen-bond donors (Lipinski definition) is 0. The summed E-state index contributed by atoms with van der Waals surface area (Å²) in [6, 6.07) is 4.59. The van der Waals surface area contributed by atoms with E-state index in [0.717, 1.165) is 5.56 Å². The van der Waals surface area contributed by atoms with Crippen molar-refractivity contribution in [1.82, 2.24) is 4.98 Å².